The third-order valence-electron chi connectivity index (χ3n) is 5.36. The van der Waals surface area contributed by atoms with E-state index in [0.29, 0.717) is 27.0 Å². The average Bonchev–Trinajstić information content (AvgIpc) is 2.76. The van der Waals surface area contributed by atoms with Gasteiger partial charge < -0.3 is 20.9 Å². The minimum Gasteiger partial charge on any atom is -0.371 e. The van der Waals surface area contributed by atoms with Gasteiger partial charge in [-0.25, -0.2) is 4.79 Å². The lowest BCUT2D eigenvalue weighted by Crippen LogP contribution is -2.35. The highest BCUT2D eigenvalue weighted by atomic mass is 35.5. The molecule has 3 amide bonds. The number of carbonyl (C=O) groups is 2. The Hall–Kier alpha value is -2.44. The standard InChI is InChI=1S/C23H28Cl2N4O2/c1-3-15(2)26-22(30)18-13-16(8-10-21(18)29-11-5-4-6-12-29)27-23(31)28-17-7-9-19(24)20(25)14-17/h7-10,13-15H,3-6,11-12H2,1-2H3,(H,26,30)(H2,27,28,31). The Labute approximate surface area is 193 Å². The summed E-state index contributed by atoms with van der Waals surface area (Å²) in [6.07, 6.45) is 4.27. The van der Waals surface area contributed by atoms with Crippen LogP contribution in [0.25, 0.3) is 0 Å². The molecule has 166 valence electrons. The van der Waals surface area contributed by atoms with Gasteiger partial charge in [0.05, 0.1) is 15.6 Å². The molecule has 0 spiro atoms. The number of hydrogen-bond donors (Lipinski definition) is 3. The van der Waals surface area contributed by atoms with Crippen molar-refractivity contribution in [1.82, 2.24) is 5.32 Å². The Bertz CT molecular complexity index is 945. The smallest absolute Gasteiger partial charge is 0.323 e. The molecule has 3 N–H and O–H groups in total. The molecule has 0 aromatic heterocycles. The van der Waals surface area contributed by atoms with Crippen LogP contribution in [0.3, 0.4) is 0 Å². The Morgan fingerprint density at radius 3 is 2.26 bits per heavy atom. The molecule has 1 aliphatic heterocycles. The second-order valence-electron chi connectivity index (χ2n) is 7.77. The fourth-order valence-electron chi connectivity index (χ4n) is 3.48. The van der Waals surface area contributed by atoms with Gasteiger partial charge in [-0.15, -0.1) is 0 Å². The number of carbonyl (C=O) groups excluding carboxylic acids is 2. The van der Waals surface area contributed by atoms with Crippen molar-refractivity contribution in [2.24, 2.45) is 0 Å². The topological polar surface area (TPSA) is 73.5 Å². The summed E-state index contributed by atoms with van der Waals surface area (Å²) in [5.41, 5.74) is 2.52. The van der Waals surface area contributed by atoms with Crippen LogP contribution in [0.2, 0.25) is 10.0 Å². The van der Waals surface area contributed by atoms with Gasteiger partial charge in [-0.1, -0.05) is 30.1 Å². The van der Waals surface area contributed by atoms with Crippen molar-refractivity contribution < 1.29 is 9.59 Å². The summed E-state index contributed by atoms with van der Waals surface area (Å²) >= 11 is 11.9. The number of nitrogens with zero attached hydrogens (tertiary/aromatic N) is 1. The van der Waals surface area contributed by atoms with Crippen LogP contribution >= 0.6 is 23.2 Å². The van der Waals surface area contributed by atoms with Crippen molar-refractivity contribution in [1.29, 1.82) is 0 Å². The summed E-state index contributed by atoms with van der Waals surface area (Å²) in [4.78, 5) is 27.7. The van der Waals surface area contributed by atoms with Crippen LogP contribution in [-0.4, -0.2) is 31.1 Å². The second kappa shape index (κ2) is 10.7. The van der Waals surface area contributed by atoms with Crippen LogP contribution in [0, 0.1) is 0 Å². The van der Waals surface area contributed by atoms with Gasteiger partial charge in [-0.2, -0.15) is 0 Å². The first kappa shape index (κ1) is 23.2. The molecule has 0 saturated carbocycles. The monoisotopic (exact) mass is 462 g/mol. The van der Waals surface area contributed by atoms with Gasteiger partial charge in [0.1, 0.15) is 0 Å². The molecule has 1 aliphatic rings. The molecule has 0 aliphatic carbocycles. The van der Waals surface area contributed by atoms with E-state index in [2.05, 4.69) is 20.9 Å². The molecule has 2 aromatic rings. The zero-order valence-electron chi connectivity index (χ0n) is 17.8. The van der Waals surface area contributed by atoms with Crippen molar-refractivity contribution >= 4 is 52.2 Å². The number of nitrogens with one attached hydrogen (secondary N) is 3. The summed E-state index contributed by atoms with van der Waals surface area (Å²) in [5, 5.41) is 9.32. The molecule has 0 radical (unpaired) electrons. The number of rotatable bonds is 6. The molecule has 1 fully saturated rings. The Morgan fingerprint density at radius 1 is 0.968 bits per heavy atom. The molecule has 31 heavy (non-hydrogen) atoms. The van der Waals surface area contributed by atoms with E-state index in [4.69, 9.17) is 23.2 Å². The Morgan fingerprint density at radius 2 is 1.61 bits per heavy atom. The van der Waals surface area contributed by atoms with E-state index in [1.807, 2.05) is 26.0 Å². The van der Waals surface area contributed by atoms with Gasteiger partial charge in [-0.05, 0) is 69.0 Å². The lowest BCUT2D eigenvalue weighted by Gasteiger charge is -2.31. The summed E-state index contributed by atoms with van der Waals surface area (Å²) in [7, 11) is 0. The van der Waals surface area contributed by atoms with Gasteiger partial charge in [0.25, 0.3) is 5.91 Å². The first-order valence-corrected chi connectivity index (χ1v) is 11.4. The quantitative estimate of drug-likeness (QED) is 0.481. The van der Waals surface area contributed by atoms with Gasteiger partial charge in [0.2, 0.25) is 0 Å². The zero-order valence-corrected chi connectivity index (χ0v) is 19.3. The number of anilines is 3. The first-order chi connectivity index (χ1) is 14.9. The van der Waals surface area contributed by atoms with Crippen molar-refractivity contribution in [2.45, 2.75) is 45.6 Å². The fraction of sp³-hybridized carbons (Fsp3) is 0.391. The number of urea groups is 1. The third-order valence-corrected chi connectivity index (χ3v) is 6.10. The van der Waals surface area contributed by atoms with Crippen LogP contribution in [0.15, 0.2) is 36.4 Å². The normalized spacial score (nSPS) is 14.6. The Balaban J connectivity index is 1.79. The molecule has 3 rings (SSSR count). The number of halogens is 2. The Kier molecular flexibility index (Phi) is 8.04. The number of benzene rings is 2. The lowest BCUT2D eigenvalue weighted by atomic mass is 10.1. The van der Waals surface area contributed by atoms with E-state index in [1.165, 1.54) is 6.42 Å². The minimum absolute atomic E-state index is 0.0660. The second-order valence-corrected chi connectivity index (χ2v) is 8.58. The lowest BCUT2D eigenvalue weighted by molar-refractivity contribution is 0.0939. The number of piperidine rings is 1. The maximum atomic E-state index is 13.0. The molecule has 1 saturated heterocycles. The maximum absolute atomic E-state index is 13.0. The molecular weight excluding hydrogens is 435 g/mol. The molecule has 1 atom stereocenters. The minimum atomic E-state index is -0.433. The van der Waals surface area contributed by atoms with E-state index in [1.54, 1.807) is 24.3 Å². The van der Waals surface area contributed by atoms with Crippen LogP contribution in [0.5, 0.6) is 0 Å². The summed E-state index contributed by atoms with van der Waals surface area (Å²) in [6.45, 7) is 5.86. The van der Waals surface area contributed by atoms with Crippen molar-refractivity contribution in [3.63, 3.8) is 0 Å². The predicted octanol–water partition coefficient (Wildman–Crippen LogP) is 6.16. The van der Waals surface area contributed by atoms with Gasteiger partial charge in [0.15, 0.2) is 0 Å². The molecule has 2 aromatic carbocycles. The molecule has 1 heterocycles. The van der Waals surface area contributed by atoms with Crippen LogP contribution in [-0.2, 0) is 0 Å². The fourth-order valence-corrected chi connectivity index (χ4v) is 3.78. The van der Waals surface area contributed by atoms with E-state index < -0.39 is 6.03 Å². The van der Waals surface area contributed by atoms with Crippen molar-refractivity contribution in [3.8, 4) is 0 Å². The highest BCUT2D eigenvalue weighted by Crippen LogP contribution is 2.28. The van der Waals surface area contributed by atoms with E-state index >= 15 is 0 Å². The molecule has 8 heteroatoms. The molecule has 6 nitrogen and oxygen atoms in total. The molecule has 1 unspecified atom stereocenters. The predicted molar refractivity (Wildman–Crippen MR) is 129 cm³/mol. The summed E-state index contributed by atoms with van der Waals surface area (Å²) in [5.74, 6) is -0.136. The van der Waals surface area contributed by atoms with Gasteiger partial charge in [-0.3, -0.25) is 4.79 Å². The highest BCUT2D eigenvalue weighted by Gasteiger charge is 2.20. The van der Waals surface area contributed by atoms with Crippen LogP contribution in [0.1, 0.15) is 49.9 Å². The van der Waals surface area contributed by atoms with Crippen LogP contribution in [0.4, 0.5) is 21.9 Å². The summed E-state index contributed by atoms with van der Waals surface area (Å²) < 4.78 is 0. The number of hydrogen-bond acceptors (Lipinski definition) is 3. The van der Waals surface area contributed by atoms with E-state index in [-0.39, 0.29) is 11.9 Å². The van der Waals surface area contributed by atoms with Crippen molar-refractivity contribution in [2.75, 3.05) is 28.6 Å². The summed E-state index contributed by atoms with van der Waals surface area (Å²) in [6, 6.07) is 9.95. The largest absolute Gasteiger partial charge is 0.371 e. The van der Waals surface area contributed by atoms with Gasteiger partial charge in [0, 0.05) is 36.2 Å². The first-order valence-electron chi connectivity index (χ1n) is 10.6. The SMILES string of the molecule is CCC(C)NC(=O)c1cc(NC(=O)Nc2ccc(Cl)c(Cl)c2)ccc1N1CCCCC1. The molecule has 0 bridgehead atoms. The van der Waals surface area contributed by atoms with Crippen molar-refractivity contribution in [3.05, 3.63) is 52.0 Å². The zero-order chi connectivity index (χ0) is 22.4. The maximum Gasteiger partial charge on any atom is 0.323 e. The third kappa shape index (κ3) is 6.28. The molecular formula is C23H28Cl2N4O2. The van der Waals surface area contributed by atoms with E-state index in [9.17, 15) is 9.59 Å². The number of amides is 3. The average molecular weight is 463 g/mol. The van der Waals surface area contributed by atoms with Gasteiger partial charge >= 0.3 is 6.03 Å². The highest BCUT2D eigenvalue weighted by molar-refractivity contribution is 6.42. The van der Waals surface area contributed by atoms with Crippen LogP contribution < -0.4 is 20.9 Å². The van der Waals surface area contributed by atoms with E-state index in [0.717, 1.165) is 38.0 Å².